The van der Waals surface area contributed by atoms with Gasteiger partial charge in [-0.15, -0.1) is 0 Å². The van der Waals surface area contributed by atoms with Crippen molar-refractivity contribution < 1.29 is 9.59 Å². The number of carbonyl (C=O) groups is 2. The first-order valence-corrected chi connectivity index (χ1v) is 12.1. The Morgan fingerprint density at radius 3 is 2.62 bits per heavy atom. The smallest absolute Gasteiger partial charge is 0.253 e. The molecule has 0 fully saturated rings. The minimum absolute atomic E-state index is 0.176. The highest BCUT2D eigenvalue weighted by Gasteiger charge is 2.25. The quantitative estimate of drug-likeness (QED) is 0.472. The summed E-state index contributed by atoms with van der Waals surface area (Å²) in [6.07, 6.45) is 6.09. The maximum Gasteiger partial charge on any atom is 0.253 e. The van der Waals surface area contributed by atoms with Crippen LogP contribution in [-0.2, 0) is 11.3 Å². The molecule has 1 N–H and O–H groups in total. The molecule has 1 unspecified atom stereocenters. The van der Waals surface area contributed by atoms with Gasteiger partial charge < -0.3 is 10.2 Å². The number of aromatic nitrogens is 2. The second-order valence-corrected chi connectivity index (χ2v) is 9.08. The van der Waals surface area contributed by atoms with E-state index in [1.807, 2.05) is 42.8 Å². The second kappa shape index (κ2) is 11.4. The van der Waals surface area contributed by atoms with E-state index in [1.54, 1.807) is 46.7 Å². The normalized spacial score (nSPS) is 11.8. The summed E-state index contributed by atoms with van der Waals surface area (Å²) in [5.74, 6) is 0.145. The molecule has 3 rings (SSSR count). The van der Waals surface area contributed by atoms with Crippen LogP contribution in [-0.4, -0.2) is 51.6 Å². The maximum atomic E-state index is 13.2. The molecule has 1 aromatic heterocycles. The van der Waals surface area contributed by atoms with Crippen LogP contribution >= 0.6 is 35.0 Å². The van der Waals surface area contributed by atoms with Crippen molar-refractivity contribution in [2.24, 2.45) is 0 Å². The van der Waals surface area contributed by atoms with Crippen LogP contribution in [0.15, 0.2) is 60.9 Å². The SMILES string of the molecule is CSCCC(NC(=O)c1ccc(Cl)cc1Cl)C(=O)N(C)Cc1cnn(-c2ccccc2)c1. The van der Waals surface area contributed by atoms with Crippen molar-refractivity contribution in [3.8, 4) is 5.69 Å². The predicted molar refractivity (Wildman–Crippen MR) is 131 cm³/mol. The van der Waals surface area contributed by atoms with Gasteiger partial charge in [-0.1, -0.05) is 41.4 Å². The first-order chi connectivity index (χ1) is 15.4. The number of nitrogens with zero attached hydrogens (tertiary/aromatic N) is 3. The molecule has 0 saturated carbocycles. The lowest BCUT2D eigenvalue weighted by Crippen LogP contribution is -2.47. The summed E-state index contributed by atoms with van der Waals surface area (Å²) in [6.45, 7) is 0.374. The van der Waals surface area contributed by atoms with Crippen molar-refractivity contribution in [3.05, 3.63) is 82.1 Å². The van der Waals surface area contributed by atoms with Crippen molar-refractivity contribution in [1.29, 1.82) is 0 Å². The number of rotatable bonds is 9. The summed E-state index contributed by atoms with van der Waals surface area (Å²) in [5, 5.41) is 7.90. The Bertz CT molecular complexity index is 1070. The molecule has 0 saturated heterocycles. The van der Waals surface area contributed by atoms with E-state index in [1.165, 1.54) is 6.07 Å². The molecule has 6 nitrogen and oxygen atoms in total. The van der Waals surface area contributed by atoms with Crippen LogP contribution in [0.5, 0.6) is 0 Å². The monoisotopic (exact) mass is 490 g/mol. The molecule has 9 heteroatoms. The number of nitrogens with one attached hydrogen (secondary N) is 1. The van der Waals surface area contributed by atoms with Crippen molar-refractivity contribution in [3.63, 3.8) is 0 Å². The van der Waals surface area contributed by atoms with Gasteiger partial charge in [0.2, 0.25) is 5.91 Å². The van der Waals surface area contributed by atoms with E-state index < -0.39 is 11.9 Å². The first-order valence-electron chi connectivity index (χ1n) is 9.98. The van der Waals surface area contributed by atoms with Crippen molar-refractivity contribution in [2.45, 2.75) is 19.0 Å². The third kappa shape index (κ3) is 6.28. The summed E-state index contributed by atoms with van der Waals surface area (Å²) in [4.78, 5) is 27.5. The Labute approximate surface area is 201 Å². The number of likely N-dealkylation sites (N-methyl/N-ethyl adjacent to an activating group) is 1. The lowest BCUT2D eigenvalue weighted by atomic mass is 10.1. The van der Waals surface area contributed by atoms with Gasteiger partial charge in [0, 0.05) is 30.4 Å². The fraction of sp³-hybridized carbons (Fsp3) is 0.261. The predicted octanol–water partition coefficient (Wildman–Crippen LogP) is 4.69. The van der Waals surface area contributed by atoms with Crippen LogP contribution in [0, 0.1) is 0 Å². The van der Waals surface area contributed by atoms with Gasteiger partial charge in [-0.2, -0.15) is 16.9 Å². The van der Waals surface area contributed by atoms with Crippen LogP contribution in [0.3, 0.4) is 0 Å². The fourth-order valence-electron chi connectivity index (χ4n) is 3.18. The number of para-hydroxylation sites is 1. The van der Waals surface area contributed by atoms with E-state index in [9.17, 15) is 9.59 Å². The topological polar surface area (TPSA) is 67.2 Å². The number of hydrogen-bond acceptors (Lipinski definition) is 4. The van der Waals surface area contributed by atoms with Gasteiger partial charge in [-0.3, -0.25) is 9.59 Å². The van der Waals surface area contributed by atoms with Crippen molar-refractivity contribution in [1.82, 2.24) is 20.0 Å². The minimum Gasteiger partial charge on any atom is -0.340 e. The molecule has 2 aromatic carbocycles. The molecule has 0 spiro atoms. The van der Waals surface area contributed by atoms with E-state index in [0.717, 1.165) is 17.0 Å². The van der Waals surface area contributed by atoms with Crippen molar-refractivity contribution >= 4 is 46.8 Å². The van der Waals surface area contributed by atoms with Gasteiger partial charge in [0.05, 0.1) is 22.5 Å². The highest BCUT2D eigenvalue weighted by atomic mass is 35.5. The Morgan fingerprint density at radius 1 is 1.19 bits per heavy atom. The van der Waals surface area contributed by atoms with Crippen LogP contribution in [0.1, 0.15) is 22.3 Å². The van der Waals surface area contributed by atoms with E-state index in [0.29, 0.717) is 18.0 Å². The number of hydrogen-bond donors (Lipinski definition) is 1. The molecule has 1 heterocycles. The van der Waals surface area contributed by atoms with E-state index in [4.69, 9.17) is 23.2 Å². The average molecular weight is 491 g/mol. The zero-order valence-electron chi connectivity index (χ0n) is 17.8. The lowest BCUT2D eigenvalue weighted by molar-refractivity contribution is -0.132. The van der Waals surface area contributed by atoms with Gasteiger partial charge in [0.25, 0.3) is 5.91 Å². The Kier molecular flexibility index (Phi) is 8.61. The molecule has 0 aliphatic heterocycles. The van der Waals surface area contributed by atoms with Gasteiger partial charge >= 0.3 is 0 Å². The summed E-state index contributed by atoms with van der Waals surface area (Å²) in [5.41, 5.74) is 2.11. The van der Waals surface area contributed by atoms with Gasteiger partial charge in [-0.25, -0.2) is 4.68 Å². The summed E-state index contributed by atoms with van der Waals surface area (Å²) in [7, 11) is 1.72. The van der Waals surface area contributed by atoms with Gasteiger partial charge in [-0.05, 0) is 48.8 Å². The molecule has 0 aliphatic rings. The van der Waals surface area contributed by atoms with E-state index in [2.05, 4.69) is 10.4 Å². The molecular weight excluding hydrogens is 467 g/mol. The lowest BCUT2D eigenvalue weighted by Gasteiger charge is -2.24. The zero-order valence-corrected chi connectivity index (χ0v) is 20.1. The summed E-state index contributed by atoms with van der Waals surface area (Å²) in [6, 6.07) is 13.7. The molecule has 2 amide bonds. The second-order valence-electron chi connectivity index (χ2n) is 7.25. The van der Waals surface area contributed by atoms with Crippen LogP contribution in [0.25, 0.3) is 5.69 Å². The number of halogens is 2. The maximum absolute atomic E-state index is 13.2. The minimum atomic E-state index is -0.670. The summed E-state index contributed by atoms with van der Waals surface area (Å²) >= 11 is 13.7. The number of carbonyl (C=O) groups excluding carboxylic acids is 2. The van der Waals surface area contributed by atoms with E-state index >= 15 is 0 Å². The Hall–Kier alpha value is -2.48. The third-order valence-corrected chi connectivity index (χ3v) is 6.03. The molecule has 0 aliphatic carbocycles. The van der Waals surface area contributed by atoms with E-state index in [-0.39, 0.29) is 16.5 Å². The molecule has 0 radical (unpaired) electrons. The first kappa shape index (κ1) is 24.2. The standard InChI is InChI=1S/C23H24Cl2N4O2S/c1-28(14-16-13-26-29(15-16)18-6-4-3-5-7-18)23(31)21(10-11-32-2)27-22(30)19-9-8-17(24)12-20(19)25/h3-9,12-13,15,21H,10-11,14H2,1-2H3,(H,27,30). The molecule has 1 atom stereocenters. The largest absolute Gasteiger partial charge is 0.340 e. The van der Waals surface area contributed by atoms with Crippen LogP contribution in [0.4, 0.5) is 0 Å². The van der Waals surface area contributed by atoms with Crippen LogP contribution < -0.4 is 5.32 Å². The van der Waals surface area contributed by atoms with Crippen molar-refractivity contribution in [2.75, 3.05) is 19.1 Å². The average Bonchev–Trinajstić information content (AvgIpc) is 3.25. The highest BCUT2D eigenvalue weighted by molar-refractivity contribution is 7.98. The highest BCUT2D eigenvalue weighted by Crippen LogP contribution is 2.21. The third-order valence-electron chi connectivity index (χ3n) is 4.84. The fourth-order valence-corrected chi connectivity index (χ4v) is 4.15. The van der Waals surface area contributed by atoms with Gasteiger partial charge in [0.15, 0.2) is 0 Å². The Balaban J connectivity index is 1.69. The molecular formula is C23H24Cl2N4O2S. The molecule has 32 heavy (non-hydrogen) atoms. The number of amides is 2. The Morgan fingerprint density at radius 2 is 1.94 bits per heavy atom. The number of thioether (sulfide) groups is 1. The number of benzene rings is 2. The van der Waals surface area contributed by atoms with Crippen LogP contribution in [0.2, 0.25) is 10.0 Å². The summed E-state index contributed by atoms with van der Waals surface area (Å²) < 4.78 is 1.77. The zero-order chi connectivity index (χ0) is 23.1. The van der Waals surface area contributed by atoms with Gasteiger partial charge in [0.1, 0.15) is 6.04 Å². The molecule has 0 bridgehead atoms. The molecule has 3 aromatic rings. The molecule has 168 valence electrons.